The van der Waals surface area contributed by atoms with Crippen LogP contribution in [0.15, 0.2) is 46.9 Å². The molecule has 7 heteroatoms. The smallest absolute Gasteiger partial charge is 0.457 e. The second-order valence-electron chi connectivity index (χ2n) is 4.08. The normalized spacial score (nSPS) is 11.3. The number of hydrogen-bond acceptors (Lipinski definition) is 3. The minimum absolute atomic E-state index is 0.290. The van der Waals surface area contributed by atoms with Gasteiger partial charge in [-0.3, -0.25) is 0 Å². The van der Waals surface area contributed by atoms with Crippen LogP contribution in [0, 0.1) is 0 Å². The van der Waals surface area contributed by atoms with Gasteiger partial charge in [0.05, 0.1) is 0 Å². The summed E-state index contributed by atoms with van der Waals surface area (Å²) in [5.41, 5.74) is 6.39. The fraction of sp³-hybridized carbons (Fsp3) is 0.143. The number of nitrogens with two attached hydrogens (primary N) is 1. The van der Waals surface area contributed by atoms with Crippen LogP contribution in [0.25, 0.3) is 0 Å². The molecule has 0 radical (unpaired) electrons. The summed E-state index contributed by atoms with van der Waals surface area (Å²) in [5.74, 6) is 0.622. The summed E-state index contributed by atoms with van der Waals surface area (Å²) in [6.45, 7) is 0.290. The molecule has 21 heavy (non-hydrogen) atoms. The van der Waals surface area contributed by atoms with Crippen LogP contribution in [-0.2, 0) is 6.54 Å². The highest BCUT2D eigenvalue weighted by molar-refractivity contribution is 9.10. The van der Waals surface area contributed by atoms with E-state index in [0.717, 1.165) is 10.0 Å². The summed E-state index contributed by atoms with van der Waals surface area (Å²) in [4.78, 5) is 0. The Labute approximate surface area is 127 Å². The Hall–Kier alpha value is -1.73. The van der Waals surface area contributed by atoms with Crippen molar-refractivity contribution in [2.75, 3.05) is 0 Å². The van der Waals surface area contributed by atoms with E-state index >= 15 is 0 Å². The summed E-state index contributed by atoms with van der Waals surface area (Å²) in [6, 6.07) is 10.5. The van der Waals surface area contributed by atoms with E-state index in [4.69, 9.17) is 10.5 Å². The lowest BCUT2D eigenvalue weighted by atomic mass is 10.2. The minimum Gasteiger partial charge on any atom is -0.457 e. The zero-order valence-electron chi connectivity index (χ0n) is 10.7. The molecular formula is C14H11BrF3NO2. The highest BCUT2D eigenvalue weighted by Gasteiger charge is 2.30. The fourth-order valence-electron chi connectivity index (χ4n) is 1.63. The maximum absolute atomic E-state index is 12.1. The van der Waals surface area contributed by atoms with Crippen LogP contribution in [-0.4, -0.2) is 6.36 Å². The van der Waals surface area contributed by atoms with Gasteiger partial charge in [-0.2, -0.15) is 0 Å². The number of ether oxygens (including phenoxy) is 2. The van der Waals surface area contributed by atoms with Crippen molar-refractivity contribution < 1.29 is 22.6 Å². The molecule has 0 fully saturated rings. The SMILES string of the molecule is NCc1ccc(Br)cc1Oc1ccc(OC(F)(F)F)cc1. The fourth-order valence-corrected chi connectivity index (χ4v) is 1.97. The van der Waals surface area contributed by atoms with Crippen LogP contribution in [0.3, 0.4) is 0 Å². The third-order valence-corrected chi connectivity index (χ3v) is 3.03. The van der Waals surface area contributed by atoms with Gasteiger partial charge in [0, 0.05) is 16.6 Å². The Balaban J connectivity index is 2.15. The first-order chi connectivity index (χ1) is 9.87. The molecule has 0 aromatic heterocycles. The number of alkyl halides is 3. The van der Waals surface area contributed by atoms with Gasteiger partial charge in [-0.15, -0.1) is 13.2 Å². The zero-order valence-corrected chi connectivity index (χ0v) is 12.2. The van der Waals surface area contributed by atoms with Crippen molar-refractivity contribution in [3.8, 4) is 17.2 Å². The lowest BCUT2D eigenvalue weighted by Crippen LogP contribution is -2.16. The maximum Gasteiger partial charge on any atom is 0.573 e. The van der Waals surface area contributed by atoms with Crippen molar-refractivity contribution in [2.24, 2.45) is 5.73 Å². The highest BCUT2D eigenvalue weighted by atomic mass is 79.9. The van der Waals surface area contributed by atoms with E-state index in [1.165, 1.54) is 24.3 Å². The first kappa shape index (κ1) is 15.7. The third kappa shape index (κ3) is 4.64. The van der Waals surface area contributed by atoms with Crippen molar-refractivity contribution in [2.45, 2.75) is 12.9 Å². The third-order valence-electron chi connectivity index (χ3n) is 2.53. The topological polar surface area (TPSA) is 44.5 Å². The summed E-state index contributed by atoms with van der Waals surface area (Å²) in [6.07, 6.45) is -4.71. The molecule has 0 amide bonds. The van der Waals surface area contributed by atoms with Gasteiger partial charge < -0.3 is 15.2 Å². The first-order valence-electron chi connectivity index (χ1n) is 5.89. The van der Waals surface area contributed by atoms with Crippen LogP contribution in [0.1, 0.15) is 5.56 Å². The molecule has 2 aromatic carbocycles. The van der Waals surface area contributed by atoms with E-state index < -0.39 is 6.36 Å². The second kappa shape index (κ2) is 6.36. The molecule has 0 saturated carbocycles. The van der Waals surface area contributed by atoms with Crippen molar-refractivity contribution in [3.05, 3.63) is 52.5 Å². The van der Waals surface area contributed by atoms with Gasteiger partial charge in [0.25, 0.3) is 0 Å². The standard InChI is InChI=1S/C14H11BrF3NO2/c15-10-2-1-9(8-19)13(7-10)20-11-3-5-12(6-4-11)21-14(16,17)18/h1-7H,8,19H2. The van der Waals surface area contributed by atoms with E-state index in [1.807, 2.05) is 6.07 Å². The van der Waals surface area contributed by atoms with Gasteiger partial charge in [-0.1, -0.05) is 22.0 Å². The van der Waals surface area contributed by atoms with Crippen LogP contribution in [0.4, 0.5) is 13.2 Å². The molecule has 3 nitrogen and oxygen atoms in total. The van der Waals surface area contributed by atoms with Crippen molar-refractivity contribution in [3.63, 3.8) is 0 Å². The van der Waals surface area contributed by atoms with Crippen molar-refractivity contribution in [1.82, 2.24) is 0 Å². The van der Waals surface area contributed by atoms with Gasteiger partial charge in [-0.05, 0) is 36.4 Å². The quantitative estimate of drug-likeness (QED) is 0.865. The zero-order chi connectivity index (χ0) is 15.5. The molecule has 0 spiro atoms. The minimum atomic E-state index is -4.71. The first-order valence-corrected chi connectivity index (χ1v) is 6.69. The molecule has 0 unspecified atom stereocenters. The molecule has 2 N–H and O–H groups in total. The molecule has 0 atom stereocenters. The Bertz CT molecular complexity index is 615. The monoisotopic (exact) mass is 361 g/mol. The van der Waals surface area contributed by atoms with Gasteiger partial charge in [-0.25, -0.2) is 0 Å². The van der Waals surface area contributed by atoms with Crippen LogP contribution >= 0.6 is 15.9 Å². The maximum atomic E-state index is 12.1. The van der Waals surface area contributed by atoms with Gasteiger partial charge in [0.2, 0.25) is 0 Å². The molecule has 0 aliphatic carbocycles. The Morgan fingerprint density at radius 1 is 1.00 bits per heavy atom. The Kier molecular flexibility index (Phi) is 4.74. The molecule has 0 saturated heterocycles. The van der Waals surface area contributed by atoms with Crippen molar-refractivity contribution in [1.29, 1.82) is 0 Å². The second-order valence-corrected chi connectivity index (χ2v) is 4.99. The molecule has 0 aliphatic rings. The Morgan fingerprint density at radius 3 is 2.19 bits per heavy atom. The average molecular weight is 362 g/mol. The van der Waals surface area contributed by atoms with E-state index in [1.54, 1.807) is 12.1 Å². The molecule has 0 heterocycles. The summed E-state index contributed by atoms with van der Waals surface area (Å²) < 4.78 is 46.4. The summed E-state index contributed by atoms with van der Waals surface area (Å²) in [7, 11) is 0. The average Bonchev–Trinajstić information content (AvgIpc) is 2.40. The van der Waals surface area contributed by atoms with E-state index in [-0.39, 0.29) is 12.3 Å². The van der Waals surface area contributed by atoms with Gasteiger partial charge >= 0.3 is 6.36 Å². The molecular weight excluding hydrogens is 351 g/mol. The highest BCUT2D eigenvalue weighted by Crippen LogP contribution is 2.30. The lowest BCUT2D eigenvalue weighted by Gasteiger charge is -2.12. The van der Waals surface area contributed by atoms with Crippen LogP contribution in [0.2, 0.25) is 0 Å². The lowest BCUT2D eigenvalue weighted by molar-refractivity contribution is -0.274. The number of benzene rings is 2. The predicted molar refractivity (Wildman–Crippen MR) is 75.2 cm³/mol. The van der Waals surface area contributed by atoms with E-state index in [2.05, 4.69) is 20.7 Å². The van der Waals surface area contributed by atoms with Gasteiger partial charge in [0.15, 0.2) is 0 Å². The van der Waals surface area contributed by atoms with Crippen LogP contribution in [0.5, 0.6) is 17.2 Å². The van der Waals surface area contributed by atoms with Crippen molar-refractivity contribution >= 4 is 15.9 Å². The number of halogens is 4. The van der Waals surface area contributed by atoms with Crippen LogP contribution < -0.4 is 15.2 Å². The number of rotatable bonds is 4. The van der Waals surface area contributed by atoms with E-state index in [9.17, 15) is 13.2 Å². The number of hydrogen-bond donors (Lipinski definition) is 1. The summed E-state index contributed by atoms with van der Waals surface area (Å²) >= 11 is 3.32. The predicted octanol–water partition coefficient (Wildman–Crippen LogP) is 4.60. The van der Waals surface area contributed by atoms with E-state index in [0.29, 0.717) is 11.5 Å². The van der Waals surface area contributed by atoms with Gasteiger partial charge in [0.1, 0.15) is 17.2 Å². The molecule has 0 aliphatic heterocycles. The molecule has 0 bridgehead atoms. The molecule has 112 valence electrons. The molecule has 2 rings (SSSR count). The summed E-state index contributed by atoms with van der Waals surface area (Å²) in [5, 5.41) is 0. The Morgan fingerprint density at radius 2 is 1.62 bits per heavy atom. The molecule has 2 aromatic rings. The largest absolute Gasteiger partial charge is 0.573 e.